The molecule has 61 heavy (non-hydrogen) atoms. The molecule has 0 saturated heterocycles. The van der Waals surface area contributed by atoms with Crippen LogP contribution in [0, 0.1) is 0 Å². The van der Waals surface area contributed by atoms with Crippen LogP contribution in [0.5, 0.6) is 0 Å². The molecule has 0 aromatic heterocycles. The molecule has 0 heterocycles. The third-order valence-electron chi connectivity index (χ3n) is 9.06. The fraction of sp³-hybridized carbons (Fsp3) is 0.596. The number of carboxylic acids is 1. The second-order valence-electron chi connectivity index (χ2n) is 16.0. The summed E-state index contributed by atoms with van der Waals surface area (Å²) < 4.78 is 22.6. The second kappa shape index (κ2) is 42.6. The first kappa shape index (κ1) is 57.0. The Morgan fingerprint density at radius 3 is 1.39 bits per heavy atom. The lowest BCUT2D eigenvalue weighted by atomic mass is 10.1. The standard InChI is InChI=1S/C52H83NO8/c1-6-8-10-12-14-16-18-20-22-23-24-25-26-27-29-30-32-34-36-38-40-42-49(54)59-46-48(47-60-52(51(56)57)58-45-44-53(3,4)5)61-50(55)43-41-39-37-35-33-31-28-21-19-17-15-13-11-9-7-2/h8-11,14-17,20-22,24-25,28,33,35,39,41,48,52H,6-7,12-13,18-19,23,26-27,29-32,34,36-38,40,42-47H2,1-5H3/p+1/b10-8-,11-9-,16-14-,17-15-,22-20-,25-24-,28-21-,35-33-,41-39-. The first-order valence-corrected chi connectivity index (χ1v) is 23.1. The molecule has 2 atom stereocenters. The van der Waals surface area contributed by atoms with Crippen LogP contribution < -0.4 is 0 Å². The van der Waals surface area contributed by atoms with Gasteiger partial charge in [0.15, 0.2) is 6.10 Å². The molecule has 0 aliphatic heterocycles. The number of nitrogens with zero attached hydrogens (tertiary/aromatic N) is 1. The molecular formula is C52H84NO8+. The van der Waals surface area contributed by atoms with Crippen molar-refractivity contribution < 1.29 is 42.9 Å². The van der Waals surface area contributed by atoms with Gasteiger partial charge in [-0.15, -0.1) is 0 Å². The van der Waals surface area contributed by atoms with E-state index in [9.17, 15) is 19.5 Å². The Kier molecular flexibility index (Phi) is 39.8. The number of carbonyl (C=O) groups excluding carboxylic acids is 2. The SMILES string of the molecule is CC/C=C\C/C=C\C/C=C\C/C=C\C/C=C\CC(=O)OC(COC(=O)CCCCCCCCCC/C=C\C/C=C\C/C=C\C/C=C\CC)COC(OCC[N+](C)(C)C)C(=O)O. The average molecular weight is 851 g/mol. The maximum absolute atomic E-state index is 12.7. The zero-order valence-corrected chi connectivity index (χ0v) is 38.8. The van der Waals surface area contributed by atoms with Crippen LogP contribution in [0.2, 0.25) is 0 Å². The summed E-state index contributed by atoms with van der Waals surface area (Å²) in [6.45, 7) is 4.49. The van der Waals surface area contributed by atoms with Crippen molar-refractivity contribution in [2.75, 3.05) is 47.5 Å². The summed E-state index contributed by atoms with van der Waals surface area (Å²) in [6, 6.07) is 0. The Hall–Kier alpha value is -4.05. The molecule has 0 aliphatic rings. The molecule has 0 fully saturated rings. The lowest BCUT2D eigenvalue weighted by Gasteiger charge is -2.25. The average Bonchev–Trinajstić information content (AvgIpc) is 3.22. The number of carbonyl (C=O) groups is 3. The molecule has 344 valence electrons. The van der Waals surface area contributed by atoms with Crippen LogP contribution in [0.4, 0.5) is 0 Å². The molecule has 0 amide bonds. The molecule has 9 nitrogen and oxygen atoms in total. The molecule has 0 aliphatic carbocycles. The van der Waals surface area contributed by atoms with Gasteiger partial charge in [-0.1, -0.05) is 162 Å². The van der Waals surface area contributed by atoms with Gasteiger partial charge in [-0.05, 0) is 77.0 Å². The number of hydrogen-bond acceptors (Lipinski definition) is 7. The summed E-state index contributed by atoms with van der Waals surface area (Å²) in [4.78, 5) is 37.1. The van der Waals surface area contributed by atoms with Crippen molar-refractivity contribution in [1.29, 1.82) is 0 Å². The molecule has 0 rings (SSSR count). The number of likely N-dealkylation sites (N-methyl/N-ethyl adjacent to an activating group) is 1. The largest absolute Gasteiger partial charge is 0.477 e. The Balaban J connectivity index is 4.53. The van der Waals surface area contributed by atoms with Crippen LogP contribution in [0.1, 0.15) is 142 Å². The van der Waals surface area contributed by atoms with Crippen LogP contribution in [0.25, 0.3) is 0 Å². The summed E-state index contributed by atoms with van der Waals surface area (Å²) in [5, 5.41) is 9.63. The van der Waals surface area contributed by atoms with Crippen molar-refractivity contribution in [1.82, 2.24) is 0 Å². The molecule has 0 aromatic rings. The van der Waals surface area contributed by atoms with Gasteiger partial charge in [0.25, 0.3) is 6.29 Å². The van der Waals surface area contributed by atoms with Crippen LogP contribution in [-0.2, 0) is 33.3 Å². The molecule has 1 N–H and O–H groups in total. The smallest absolute Gasteiger partial charge is 0.361 e. The van der Waals surface area contributed by atoms with E-state index < -0.39 is 24.3 Å². The maximum Gasteiger partial charge on any atom is 0.361 e. The zero-order chi connectivity index (χ0) is 44.9. The van der Waals surface area contributed by atoms with E-state index >= 15 is 0 Å². The number of esters is 2. The minimum absolute atomic E-state index is 0.0195. The number of hydrogen-bond donors (Lipinski definition) is 1. The van der Waals surface area contributed by atoms with E-state index in [1.807, 2.05) is 33.3 Å². The van der Waals surface area contributed by atoms with E-state index in [0.717, 1.165) is 83.5 Å². The van der Waals surface area contributed by atoms with Gasteiger partial charge in [0, 0.05) is 6.42 Å². The van der Waals surface area contributed by atoms with Crippen LogP contribution in [0.3, 0.4) is 0 Å². The highest BCUT2D eigenvalue weighted by molar-refractivity contribution is 5.72. The first-order valence-electron chi connectivity index (χ1n) is 23.1. The predicted molar refractivity (Wildman–Crippen MR) is 253 cm³/mol. The minimum atomic E-state index is -1.54. The van der Waals surface area contributed by atoms with Gasteiger partial charge in [0.2, 0.25) is 0 Å². The molecule has 0 aromatic carbocycles. The van der Waals surface area contributed by atoms with Crippen molar-refractivity contribution >= 4 is 17.9 Å². The lowest BCUT2D eigenvalue weighted by molar-refractivity contribution is -0.870. The highest BCUT2D eigenvalue weighted by Gasteiger charge is 2.24. The Labute approximate surface area is 371 Å². The van der Waals surface area contributed by atoms with Crippen LogP contribution >= 0.6 is 0 Å². The quantitative estimate of drug-likeness (QED) is 0.0213. The highest BCUT2D eigenvalue weighted by Crippen LogP contribution is 2.12. The molecule has 2 unspecified atom stereocenters. The summed E-state index contributed by atoms with van der Waals surface area (Å²) in [5.41, 5.74) is 0. The Morgan fingerprint density at radius 2 is 0.934 bits per heavy atom. The Morgan fingerprint density at radius 1 is 0.508 bits per heavy atom. The number of aliphatic carboxylic acids is 1. The topological polar surface area (TPSA) is 108 Å². The van der Waals surface area contributed by atoms with E-state index in [0.29, 0.717) is 17.4 Å². The van der Waals surface area contributed by atoms with E-state index in [2.05, 4.69) is 105 Å². The maximum atomic E-state index is 12.7. The number of rotatable bonds is 40. The number of allylic oxidation sites excluding steroid dienone is 17. The third-order valence-corrected chi connectivity index (χ3v) is 9.06. The monoisotopic (exact) mass is 851 g/mol. The summed E-state index contributed by atoms with van der Waals surface area (Å²) >= 11 is 0. The fourth-order valence-electron chi connectivity index (χ4n) is 5.55. The molecule has 0 bridgehead atoms. The molecule has 0 radical (unpaired) electrons. The van der Waals surface area contributed by atoms with E-state index in [1.54, 1.807) is 6.08 Å². The predicted octanol–water partition coefficient (Wildman–Crippen LogP) is 12.4. The van der Waals surface area contributed by atoms with Gasteiger partial charge >= 0.3 is 17.9 Å². The van der Waals surface area contributed by atoms with Gasteiger partial charge in [-0.2, -0.15) is 0 Å². The van der Waals surface area contributed by atoms with Crippen LogP contribution in [0.15, 0.2) is 109 Å². The van der Waals surface area contributed by atoms with Crippen LogP contribution in [-0.4, -0.2) is 87.4 Å². The molecule has 0 spiro atoms. The zero-order valence-electron chi connectivity index (χ0n) is 38.8. The van der Waals surface area contributed by atoms with Crippen molar-refractivity contribution in [3.05, 3.63) is 109 Å². The van der Waals surface area contributed by atoms with Gasteiger partial charge in [0.05, 0.1) is 40.8 Å². The summed E-state index contributed by atoms with van der Waals surface area (Å²) in [5.74, 6) is -2.20. The molecule has 9 heteroatoms. The summed E-state index contributed by atoms with van der Waals surface area (Å²) in [6.07, 6.45) is 54.7. The third kappa shape index (κ3) is 43.8. The number of quaternary nitrogens is 1. The number of ether oxygens (including phenoxy) is 4. The van der Waals surface area contributed by atoms with E-state index in [1.165, 1.54) is 25.7 Å². The van der Waals surface area contributed by atoms with Crippen molar-refractivity contribution in [2.45, 2.75) is 155 Å². The van der Waals surface area contributed by atoms with E-state index in [4.69, 9.17) is 18.9 Å². The van der Waals surface area contributed by atoms with Gasteiger partial charge in [0.1, 0.15) is 13.2 Å². The molecule has 0 saturated carbocycles. The normalized spacial score (nSPS) is 13.9. The first-order chi connectivity index (χ1) is 29.6. The van der Waals surface area contributed by atoms with E-state index in [-0.39, 0.29) is 38.6 Å². The van der Waals surface area contributed by atoms with Crippen molar-refractivity contribution in [2.24, 2.45) is 0 Å². The van der Waals surface area contributed by atoms with Gasteiger partial charge in [-0.3, -0.25) is 9.59 Å². The number of unbranched alkanes of at least 4 members (excludes halogenated alkanes) is 8. The minimum Gasteiger partial charge on any atom is -0.477 e. The van der Waals surface area contributed by atoms with Gasteiger partial charge < -0.3 is 28.5 Å². The Bertz CT molecular complexity index is 1360. The summed E-state index contributed by atoms with van der Waals surface area (Å²) in [7, 11) is 5.91. The lowest BCUT2D eigenvalue weighted by Crippen LogP contribution is -2.40. The van der Waals surface area contributed by atoms with Crippen molar-refractivity contribution in [3.8, 4) is 0 Å². The number of carboxylic acid groups (broad SMARTS) is 1. The van der Waals surface area contributed by atoms with Gasteiger partial charge in [-0.25, -0.2) is 4.79 Å². The highest BCUT2D eigenvalue weighted by atomic mass is 16.7. The fourth-order valence-corrected chi connectivity index (χ4v) is 5.55. The second-order valence-corrected chi connectivity index (χ2v) is 16.0. The van der Waals surface area contributed by atoms with Crippen molar-refractivity contribution in [3.63, 3.8) is 0 Å². The molecular weight excluding hydrogens is 767 g/mol.